The minimum Gasteiger partial charge on any atom is -0.310 e. The molecule has 0 unspecified atom stereocenters. The molecule has 1 aliphatic carbocycles. The summed E-state index contributed by atoms with van der Waals surface area (Å²) in [6.45, 7) is 28.3. The van der Waals surface area contributed by atoms with Crippen molar-refractivity contribution in [3.8, 4) is 11.1 Å². The fourth-order valence-electron chi connectivity index (χ4n) is 12.1. The molecule has 9 aromatic carbocycles. The van der Waals surface area contributed by atoms with Crippen molar-refractivity contribution in [3.05, 3.63) is 202 Å². The van der Waals surface area contributed by atoms with Crippen molar-refractivity contribution in [1.82, 2.24) is 0 Å². The molecule has 324 valence electrons. The highest BCUT2D eigenvalue weighted by atomic mass is 15.1. The molecular formula is C63H62N2. The second kappa shape index (κ2) is 15.2. The number of aryl methyl sites for hydroxylation is 4. The summed E-state index contributed by atoms with van der Waals surface area (Å²) in [5, 5.41) is 7.80. The molecule has 65 heavy (non-hydrogen) atoms. The van der Waals surface area contributed by atoms with Gasteiger partial charge in [0.2, 0.25) is 0 Å². The van der Waals surface area contributed by atoms with E-state index in [2.05, 4.69) is 251 Å². The quantitative estimate of drug-likeness (QED) is 0.154. The average Bonchev–Trinajstić information content (AvgIpc) is 3.62. The second-order valence-corrected chi connectivity index (χ2v) is 20.9. The zero-order chi connectivity index (χ0) is 45.7. The van der Waals surface area contributed by atoms with Crippen LogP contribution < -0.4 is 9.80 Å². The molecule has 9 aromatic rings. The maximum absolute atomic E-state index is 2.48. The van der Waals surface area contributed by atoms with Crippen LogP contribution in [0.15, 0.2) is 158 Å². The largest absolute Gasteiger partial charge is 0.310 e. The lowest BCUT2D eigenvalue weighted by Gasteiger charge is -2.54. The molecule has 0 amide bonds. The number of nitrogens with zero attached hydrogens (tertiary/aromatic N) is 2. The number of rotatable bonds is 6. The standard InChI is InChI=1S/C63H62N2/c1-39-33-50(34-40(2)43(39)5)64(46-21-15-13-16-22-46)48-28-31-52-45(37-48)27-30-56-58-54-26-20-19-25-53(54)57-38-49(29-32-55(57)60(58)63(59(52)56,61(7,8)9)62(10,11)12)65(47-23-17-14-18-24-47)51-35-41(3)44(6)42(4)36-51/h13-38H,1-12H3. The summed E-state index contributed by atoms with van der Waals surface area (Å²) < 4.78 is 0. The molecular weight excluding hydrogens is 785 g/mol. The van der Waals surface area contributed by atoms with Crippen LogP contribution in [0.25, 0.3) is 43.4 Å². The summed E-state index contributed by atoms with van der Waals surface area (Å²) >= 11 is 0. The van der Waals surface area contributed by atoms with E-state index in [-0.39, 0.29) is 16.2 Å². The summed E-state index contributed by atoms with van der Waals surface area (Å²) in [6.07, 6.45) is 0. The van der Waals surface area contributed by atoms with E-state index in [9.17, 15) is 0 Å². The minimum atomic E-state index is -0.371. The first-order valence-electron chi connectivity index (χ1n) is 23.4. The molecule has 0 fully saturated rings. The first kappa shape index (κ1) is 42.3. The Balaban J connectivity index is 1.26. The first-order valence-corrected chi connectivity index (χ1v) is 23.4. The normalized spacial score (nSPS) is 13.4. The van der Waals surface area contributed by atoms with E-state index in [0.29, 0.717) is 0 Å². The highest BCUT2D eigenvalue weighted by molar-refractivity contribution is 6.20. The number of hydrogen-bond donors (Lipinski definition) is 0. The number of fused-ring (bicyclic) bond motifs is 10. The molecule has 10 rings (SSSR count). The summed E-state index contributed by atoms with van der Waals surface area (Å²) in [5.41, 5.74) is 19.8. The van der Waals surface area contributed by atoms with Crippen LogP contribution in [0.4, 0.5) is 34.1 Å². The van der Waals surface area contributed by atoms with Crippen molar-refractivity contribution in [2.24, 2.45) is 10.8 Å². The lowest BCUT2D eigenvalue weighted by Crippen LogP contribution is -2.50. The number of hydrogen-bond acceptors (Lipinski definition) is 2. The molecule has 0 aliphatic heterocycles. The van der Waals surface area contributed by atoms with Crippen LogP contribution >= 0.6 is 0 Å². The summed E-state index contributed by atoms with van der Waals surface area (Å²) in [4.78, 5) is 4.87. The fourth-order valence-corrected chi connectivity index (χ4v) is 12.1. The van der Waals surface area contributed by atoms with Gasteiger partial charge in [-0.1, -0.05) is 126 Å². The van der Waals surface area contributed by atoms with Gasteiger partial charge in [-0.05, 0) is 213 Å². The highest BCUT2D eigenvalue weighted by Crippen LogP contribution is 2.68. The Hall–Kier alpha value is -6.64. The predicted molar refractivity (Wildman–Crippen MR) is 282 cm³/mol. The smallest absolute Gasteiger partial charge is 0.0468 e. The Morgan fingerprint density at radius 3 is 1.28 bits per heavy atom. The fraction of sp³-hybridized carbons (Fsp3) is 0.238. The Morgan fingerprint density at radius 2 is 0.785 bits per heavy atom. The lowest BCUT2D eigenvalue weighted by atomic mass is 9.49. The van der Waals surface area contributed by atoms with Crippen molar-refractivity contribution < 1.29 is 0 Å². The van der Waals surface area contributed by atoms with Crippen LogP contribution in [-0.2, 0) is 5.41 Å². The van der Waals surface area contributed by atoms with E-state index in [0.717, 1.165) is 22.7 Å². The molecule has 0 atom stereocenters. The molecule has 0 saturated carbocycles. The van der Waals surface area contributed by atoms with Crippen LogP contribution in [0.2, 0.25) is 0 Å². The molecule has 0 bridgehead atoms. The topological polar surface area (TPSA) is 6.48 Å². The third-order valence-corrected chi connectivity index (χ3v) is 15.2. The van der Waals surface area contributed by atoms with E-state index in [1.54, 1.807) is 0 Å². The lowest BCUT2D eigenvalue weighted by molar-refractivity contribution is 0.0977. The van der Waals surface area contributed by atoms with Gasteiger partial charge in [0.1, 0.15) is 0 Å². The third-order valence-electron chi connectivity index (χ3n) is 15.2. The van der Waals surface area contributed by atoms with Gasteiger partial charge in [0.15, 0.2) is 0 Å². The van der Waals surface area contributed by atoms with Crippen molar-refractivity contribution in [2.75, 3.05) is 9.80 Å². The van der Waals surface area contributed by atoms with Crippen molar-refractivity contribution in [1.29, 1.82) is 0 Å². The molecule has 0 N–H and O–H groups in total. The van der Waals surface area contributed by atoms with Crippen molar-refractivity contribution in [3.63, 3.8) is 0 Å². The zero-order valence-corrected chi connectivity index (χ0v) is 40.4. The Bertz CT molecular complexity index is 3280. The Morgan fingerprint density at radius 1 is 0.338 bits per heavy atom. The average molecular weight is 847 g/mol. The SMILES string of the molecule is Cc1cc(N(c2ccccc2)c2ccc3c4c(ccc3c2)-c2c(c3ccc(N(c5ccccc5)c5cc(C)c(C)c(C)c5)cc3c3ccccc23)C4(C(C)(C)C)C(C)(C)C)cc(C)c1C. The summed E-state index contributed by atoms with van der Waals surface area (Å²) in [5.74, 6) is 0. The van der Waals surface area contributed by atoms with E-state index in [1.165, 1.54) is 99.3 Å². The van der Waals surface area contributed by atoms with E-state index >= 15 is 0 Å². The van der Waals surface area contributed by atoms with Crippen LogP contribution in [0, 0.1) is 52.4 Å². The number of para-hydroxylation sites is 2. The zero-order valence-electron chi connectivity index (χ0n) is 40.4. The summed E-state index contributed by atoms with van der Waals surface area (Å²) in [6, 6.07) is 59.7. The van der Waals surface area contributed by atoms with E-state index in [1.807, 2.05) is 0 Å². The monoisotopic (exact) mass is 846 g/mol. The maximum atomic E-state index is 2.48. The van der Waals surface area contributed by atoms with Crippen LogP contribution in [0.3, 0.4) is 0 Å². The molecule has 1 aliphatic rings. The Kier molecular flexibility index (Phi) is 9.92. The van der Waals surface area contributed by atoms with E-state index in [4.69, 9.17) is 0 Å². The van der Waals surface area contributed by atoms with Gasteiger partial charge in [-0.25, -0.2) is 0 Å². The van der Waals surface area contributed by atoms with Gasteiger partial charge in [0.05, 0.1) is 0 Å². The molecule has 0 saturated heterocycles. The first-order chi connectivity index (χ1) is 31.0. The van der Waals surface area contributed by atoms with Gasteiger partial charge in [-0.3, -0.25) is 0 Å². The highest BCUT2D eigenvalue weighted by Gasteiger charge is 2.59. The van der Waals surface area contributed by atoms with Crippen LogP contribution in [-0.4, -0.2) is 0 Å². The molecule has 0 aromatic heterocycles. The number of benzene rings is 9. The maximum Gasteiger partial charge on any atom is 0.0468 e. The minimum absolute atomic E-state index is 0.174. The van der Waals surface area contributed by atoms with Gasteiger partial charge in [0.25, 0.3) is 0 Å². The van der Waals surface area contributed by atoms with Crippen molar-refractivity contribution in [2.45, 2.75) is 88.5 Å². The predicted octanol–water partition coefficient (Wildman–Crippen LogP) is 18.3. The van der Waals surface area contributed by atoms with Crippen LogP contribution in [0.5, 0.6) is 0 Å². The molecule has 0 spiro atoms. The van der Waals surface area contributed by atoms with Gasteiger partial charge >= 0.3 is 0 Å². The van der Waals surface area contributed by atoms with Crippen LogP contribution in [0.1, 0.15) is 86.1 Å². The molecule has 0 heterocycles. The van der Waals surface area contributed by atoms with Crippen molar-refractivity contribution >= 4 is 66.4 Å². The van der Waals surface area contributed by atoms with E-state index < -0.39 is 0 Å². The summed E-state index contributed by atoms with van der Waals surface area (Å²) in [7, 11) is 0. The Labute approximate surface area is 387 Å². The van der Waals surface area contributed by atoms with Gasteiger partial charge in [0, 0.05) is 39.5 Å². The second-order valence-electron chi connectivity index (χ2n) is 20.9. The molecule has 2 heteroatoms. The van der Waals surface area contributed by atoms with Gasteiger partial charge in [-0.15, -0.1) is 0 Å². The number of anilines is 6. The molecule has 2 nitrogen and oxygen atoms in total. The van der Waals surface area contributed by atoms with Gasteiger partial charge < -0.3 is 9.80 Å². The van der Waals surface area contributed by atoms with Gasteiger partial charge in [-0.2, -0.15) is 0 Å². The third kappa shape index (κ3) is 6.43. The molecule has 0 radical (unpaired) electrons.